The highest BCUT2D eigenvalue weighted by Crippen LogP contribution is 2.26. The normalized spacial score (nSPS) is 10.3. The molecule has 136 valence electrons. The van der Waals surface area contributed by atoms with Crippen LogP contribution in [0.4, 0.5) is 5.69 Å². The number of amides is 1. The van der Waals surface area contributed by atoms with Crippen molar-refractivity contribution in [3.63, 3.8) is 0 Å². The van der Waals surface area contributed by atoms with Gasteiger partial charge in [-0.2, -0.15) is 5.26 Å². The number of pyridine rings is 1. The number of hydrogen-bond acceptors (Lipinski definition) is 6. The van der Waals surface area contributed by atoms with E-state index in [9.17, 15) is 14.9 Å². The Morgan fingerprint density at radius 3 is 2.78 bits per heavy atom. The quantitative estimate of drug-likeness (QED) is 0.534. The van der Waals surface area contributed by atoms with Gasteiger partial charge in [0.2, 0.25) is 5.88 Å². The molecule has 0 saturated heterocycles. The minimum atomic E-state index is -0.835. The molecule has 0 fully saturated rings. The number of nitriles is 1. The van der Waals surface area contributed by atoms with E-state index in [1.807, 2.05) is 6.07 Å². The molecule has 0 spiro atoms. The van der Waals surface area contributed by atoms with Gasteiger partial charge in [-0.15, -0.1) is 0 Å². The van der Waals surface area contributed by atoms with E-state index in [1.165, 1.54) is 6.20 Å². The number of carbonyl (C=O) groups excluding carboxylic acids is 2. The Balaban J connectivity index is 1.72. The van der Waals surface area contributed by atoms with Crippen LogP contribution in [-0.2, 0) is 9.53 Å². The lowest BCUT2D eigenvalue weighted by Gasteiger charge is -2.07. The molecular weight excluding hydrogens is 372 g/mol. The number of aromatic nitrogens is 2. The molecule has 3 heterocycles. The minimum Gasteiger partial charge on any atom is -0.452 e. The monoisotopic (exact) mass is 384 g/mol. The molecule has 0 bridgehead atoms. The van der Waals surface area contributed by atoms with Gasteiger partial charge >= 0.3 is 5.97 Å². The molecule has 3 aromatic rings. The van der Waals surface area contributed by atoms with Crippen LogP contribution in [0.15, 0.2) is 47.3 Å². The van der Waals surface area contributed by atoms with Gasteiger partial charge in [-0.3, -0.25) is 9.36 Å². The van der Waals surface area contributed by atoms with Crippen molar-refractivity contribution in [3.8, 4) is 12.0 Å². The summed E-state index contributed by atoms with van der Waals surface area (Å²) in [6, 6.07) is 8.62. The van der Waals surface area contributed by atoms with Gasteiger partial charge in [-0.05, 0) is 31.2 Å². The fourth-order valence-corrected chi connectivity index (χ4v) is 2.57. The van der Waals surface area contributed by atoms with Crippen molar-refractivity contribution < 1.29 is 18.7 Å². The third-order valence-corrected chi connectivity index (χ3v) is 3.89. The van der Waals surface area contributed by atoms with E-state index in [1.54, 1.807) is 48.1 Å². The predicted molar refractivity (Wildman–Crippen MR) is 95.6 cm³/mol. The Morgan fingerprint density at radius 1 is 1.37 bits per heavy atom. The number of nitrogens with zero attached hydrogens (tertiary/aromatic N) is 3. The largest absolute Gasteiger partial charge is 0.452 e. The maximum absolute atomic E-state index is 12.4. The van der Waals surface area contributed by atoms with Gasteiger partial charge in [0.25, 0.3) is 5.91 Å². The van der Waals surface area contributed by atoms with Crippen LogP contribution in [0.25, 0.3) is 5.88 Å². The molecular formula is C18H13ClN4O4. The molecule has 3 aromatic heterocycles. The topological polar surface area (TPSA) is 110 Å². The zero-order chi connectivity index (χ0) is 19.4. The average molecular weight is 385 g/mol. The molecule has 1 N–H and O–H groups in total. The van der Waals surface area contributed by atoms with Gasteiger partial charge < -0.3 is 14.5 Å². The molecule has 0 atom stereocenters. The Hall–Kier alpha value is -3.57. The van der Waals surface area contributed by atoms with Crippen LogP contribution in [0.1, 0.15) is 21.7 Å². The first-order valence-corrected chi connectivity index (χ1v) is 8.13. The Kier molecular flexibility index (Phi) is 5.24. The first kappa shape index (κ1) is 18.2. The molecule has 0 aliphatic heterocycles. The van der Waals surface area contributed by atoms with E-state index in [2.05, 4.69) is 10.3 Å². The summed E-state index contributed by atoms with van der Waals surface area (Å²) in [5.41, 5.74) is 0.310. The predicted octanol–water partition coefficient (Wildman–Crippen LogP) is 3.09. The molecule has 9 heteroatoms. The van der Waals surface area contributed by atoms with Crippen LogP contribution in [-0.4, -0.2) is 28.0 Å². The molecule has 0 saturated carbocycles. The van der Waals surface area contributed by atoms with Crippen molar-refractivity contribution in [3.05, 3.63) is 64.9 Å². The highest BCUT2D eigenvalue weighted by molar-refractivity contribution is 6.32. The van der Waals surface area contributed by atoms with Crippen molar-refractivity contribution in [2.24, 2.45) is 0 Å². The molecule has 0 radical (unpaired) electrons. The number of nitrogens with one attached hydrogen (secondary N) is 1. The van der Waals surface area contributed by atoms with Crippen molar-refractivity contribution in [1.29, 1.82) is 5.26 Å². The standard InChI is InChI=1S/C18H13ClN4O4/c1-11-15(12(9-20)17(27-11)23-7-2-3-8-23)18(25)26-10-14(24)22-13-5-4-6-21-16(13)19/h2-8H,10H2,1H3,(H,22,24). The van der Waals surface area contributed by atoms with Gasteiger partial charge in [0, 0.05) is 18.6 Å². The van der Waals surface area contributed by atoms with Gasteiger partial charge in [0.15, 0.2) is 11.8 Å². The summed E-state index contributed by atoms with van der Waals surface area (Å²) in [6.07, 6.45) is 4.84. The molecule has 27 heavy (non-hydrogen) atoms. The maximum Gasteiger partial charge on any atom is 0.343 e. The SMILES string of the molecule is Cc1oc(-n2cccc2)c(C#N)c1C(=O)OCC(=O)Nc1cccnc1Cl. The Labute approximate surface area is 158 Å². The summed E-state index contributed by atoms with van der Waals surface area (Å²) in [4.78, 5) is 28.2. The Bertz CT molecular complexity index is 1030. The number of carbonyl (C=O) groups is 2. The van der Waals surface area contributed by atoms with Crippen LogP contribution in [0.3, 0.4) is 0 Å². The van der Waals surface area contributed by atoms with Gasteiger partial charge in [-0.1, -0.05) is 11.6 Å². The average Bonchev–Trinajstić information content (AvgIpc) is 3.29. The summed E-state index contributed by atoms with van der Waals surface area (Å²) >= 11 is 5.85. The fourth-order valence-electron chi connectivity index (χ4n) is 2.40. The number of anilines is 1. The van der Waals surface area contributed by atoms with E-state index < -0.39 is 18.5 Å². The first-order valence-electron chi connectivity index (χ1n) is 7.75. The van der Waals surface area contributed by atoms with Crippen molar-refractivity contribution in [2.75, 3.05) is 11.9 Å². The molecule has 0 aliphatic carbocycles. The van der Waals surface area contributed by atoms with Gasteiger partial charge in [0.1, 0.15) is 23.0 Å². The maximum atomic E-state index is 12.4. The minimum absolute atomic E-state index is 0.0200. The molecule has 3 rings (SSSR count). The number of esters is 1. The van der Waals surface area contributed by atoms with Crippen molar-refractivity contribution >= 4 is 29.2 Å². The van der Waals surface area contributed by atoms with E-state index in [4.69, 9.17) is 20.8 Å². The van der Waals surface area contributed by atoms with E-state index >= 15 is 0 Å². The third kappa shape index (κ3) is 3.83. The molecule has 8 nitrogen and oxygen atoms in total. The first-order chi connectivity index (χ1) is 13.0. The summed E-state index contributed by atoms with van der Waals surface area (Å²) in [7, 11) is 0. The zero-order valence-electron chi connectivity index (χ0n) is 14.1. The van der Waals surface area contributed by atoms with E-state index in [0.29, 0.717) is 5.69 Å². The number of ether oxygens (including phenoxy) is 1. The highest BCUT2D eigenvalue weighted by Gasteiger charge is 2.26. The summed E-state index contributed by atoms with van der Waals surface area (Å²) in [5.74, 6) is -1.00. The van der Waals surface area contributed by atoms with Gasteiger partial charge in [0.05, 0.1) is 5.69 Å². The summed E-state index contributed by atoms with van der Waals surface area (Å²) in [5, 5.41) is 12.0. The molecule has 0 aliphatic rings. The van der Waals surface area contributed by atoms with Crippen molar-refractivity contribution in [2.45, 2.75) is 6.92 Å². The third-order valence-electron chi connectivity index (χ3n) is 3.59. The van der Waals surface area contributed by atoms with Crippen LogP contribution in [0.2, 0.25) is 5.15 Å². The van der Waals surface area contributed by atoms with Crippen LogP contribution in [0.5, 0.6) is 0 Å². The fraction of sp³-hybridized carbons (Fsp3) is 0.111. The van der Waals surface area contributed by atoms with E-state index in [0.717, 1.165) is 0 Å². The number of furan rings is 1. The second-order valence-corrected chi connectivity index (χ2v) is 5.74. The Morgan fingerprint density at radius 2 is 2.11 bits per heavy atom. The number of aryl methyl sites for hydroxylation is 1. The lowest BCUT2D eigenvalue weighted by Crippen LogP contribution is -2.21. The van der Waals surface area contributed by atoms with Crippen LogP contribution >= 0.6 is 11.6 Å². The van der Waals surface area contributed by atoms with E-state index in [-0.39, 0.29) is 27.9 Å². The lowest BCUT2D eigenvalue weighted by atomic mass is 10.1. The number of halogens is 1. The van der Waals surface area contributed by atoms with Gasteiger partial charge in [-0.25, -0.2) is 9.78 Å². The van der Waals surface area contributed by atoms with Crippen LogP contribution in [0, 0.1) is 18.3 Å². The zero-order valence-corrected chi connectivity index (χ0v) is 14.9. The molecule has 1 amide bonds. The smallest absolute Gasteiger partial charge is 0.343 e. The lowest BCUT2D eigenvalue weighted by molar-refractivity contribution is -0.119. The molecule has 0 aromatic carbocycles. The summed E-state index contributed by atoms with van der Waals surface area (Å²) < 4.78 is 12.1. The molecule has 0 unspecified atom stereocenters. The summed E-state index contributed by atoms with van der Waals surface area (Å²) in [6.45, 7) is 0.984. The second-order valence-electron chi connectivity index (χ2n) is 5.38. The van der Waals surface area contributed by atoms with Crippen LogP contribution < -0.4 is 5.32 Å². The second kappa shape index (κ2) is 7.76. The number of hydrogen-bond donors (Lipinski definition) is 1. The highest BCUT2D eigenvalue weighted by atomic mass is 35.5. The van der Waals surface area contributed by atoms with Crippen molar-refractivity contribution in [1.82, 2.24) is 9.55 Å². The number of rotatable bonds is 5.